The number of carboxylic acid groups (broad SMARTS) is 1. The summed E-state index contributed by atoms with van der Waals surface area (Å²) in [5, 5.41) is 10.4. The predicted octanol–water partition coefficient (Wildman–Crippen LogP) is -0.238. The van der Waals surface area contributed by atoms with E-state index in [2.05, 4.69) is 13.8 Å². The highest BCUT2D eigenvalue weighted by molar-refractivity contribution is 5.83. The highest BCUT2D eigenvalue weighted by Crippen LogP contribution is 2.28. The van der Waals surface area contributed by atoms with Crippen LogP contribution in [0.5, 0.6) is 11.5 Å². The van der Waals surface area contributed by atoms with E-state index in [9.17, 15) is 9.90 Å². The number of nitrogens with one attached hydrogen (secondary N) is 1. The smallest absolute Gasteiger partial charge is 0.162 e. The molecule has 0 aromatic heterocycles. The summed E-state index contributed by atoms with van der Waals surface area (Å²) in [6, 6.07) is 5.28. The van der Waals surface area contributed by atoms with E-state index >= 15 is 0 Å². The van der Waals surface area contributed by atoms with Crippen molar-refractivity contribution in [2.45, 2.75) is 13.8 Å². The molecule has 0 saturated carbocycles. The molecule has 5 nitrogen and oxygen atoms in total. The Bertz CT molecular complexity index is 481. The Labute approximate surface area is 125 Å². The third-order valence-corrected chi connectivity index (χ3v) is 3.31. The van der Waals surface area contributed by atoms with Crippen LogP contribution < -0.4 is 19.5 Å². The normalized spacial score (nSPS) is 11.0. The Morgan fingerprint density at radius 3 is 2.57 bits per heavy atom. The number of likely N-dealkylation sites (N-methyl/N-ethyl adjacent to an activating group) is 1. The molecule has 0 bridgehead atoms. The van der Waals surface area contributed by atoms with Crippen LogP contribution in [-0.2, 0) is 4.79 Å². The van der Waals surface area contributed by atoms with Gasteiger partial charge in [-0.1, -0.05) is 12.1 Å². The van der Waals surface area contributed by atoms with Gasteiger partial charge in [-0.3, -0.25) is 0 Å². The molecule has 0 aliphatic heterocycles. The van der Waals surface area contributed by atoms with Gasteiger partial charge in [0, 0.05) is 0 Å². The molecule has 0 fully saturated rings. The minimum Gasteiger partial charge on any atom is -0.545 e. The van der Waals surface area contributed by atoms with Gasteiger partial charge in [0.25, 0.3) is 0 Å². The quantitative estimate of drug-likeness (QED) is 0.639. The molecule has 0 amide bonds. The summed E-state index contributed by atoms with van der Waals surface area (Å²) in [7, 11) is 1.58. The van der Waals surface area contributed by atoms with E-state index in [0.717, 1.165) is 31.3 Å². The van der Waals surface area contributed by atoms with E-state index in [0.29, 0.717) is 18.1 Å². The number of quaternary nitrogens is 1. The molecule has 0 unspecified atom stereocenters. The lowest BCUT2D eigenvalue weighted by Crippen LogP contribution is -3.12. The molecular weight excluding hydrogens is 270 g/mol. The minimum atomic E-state index is -1.22. The lowest BCUT2D eigenvalue weighted by molar-refractivity contribution is -0.896. The van der Waals surface area contributed by atoms with E-state index in [4.69, 9.17) is 9.47 Å². The molecule has 0 heterocycles. The number of carboxylic acids is 1. The molecule has 0 radical (unpaired) electrons. The van der Waals surface area contributed by atoms with Crippen molar-refractivity contribution in [3.8, 4) is 11.5 Å². The van der Waals surface area contributed by atoms with Gasteiger partial charge >= 0.3 is 0 Å². The maximum atomic E-state index is 10.4. The number of methoxy groups -OCH3 is 1. The maximum absolute atomic E-state index is 10.4. The number of rotatable bonds is 9. The minimum absolute atomic E-state index is 0.584. The van der Waals surface area contributed by atoms with E-state index in [1.807, 2.05) is 0 Å². The van der Waals surface area contributed by atoms with Crippen LogP contribution in [0.15, 0.2) is 24.3 Å². The molecule has 0 saturated heterocycles. The van der Waals surface area contributed by atoms with Gasteiger partial charge in [-0.2, -0.15) is 0 Å². The summed E-state index contributed by atoms with van der Waals surface area (Å²) >= 11 is 0. The van der Waals surface area contributed by atoms with Crippen molar-refractivity contribution in [1.82, 2.24) is 0 Å². The third kappa shape index (κ3) is 5.87. The molecular formula is C16H23NO4. The molecule has 1 aromatic carbocycles. The third-order valence-electron chi connectivity index (χ3n) is 3.31. The Morgan fingerprint density at radius 2 is 2.00 bits per heavy atom. The van der Waals surface area contributed by atoms with E-state index < -0.39 is 5.97 Å². The molecule has 5 heteroatoms. The highest BCUT2D eigenvalue weighted by Gasteiger charge is 2.07. The molecule has 0 atom stereocenters. The molecule has 116 valence electrons. The average Bonchev–Trinajstić information content (AvgIpc) is 2.49. The zero-order chi connectivity index (χ0) is 15.7. The van der Waals surface area contributed by atoms with Crippen molar-refractivity contribution in [1.29, 1.82) is 0 Å². The van der Waals surface area contributed by atoms with Gasteiger partial charge in [-0.05, 0) is 37.6 Å². The monoisotopic (exact) mass is 293 g/mol. The van der Waals surface area contributed by atoms with Crippen molar-refractivity contribution in [2.75, 3.05) is 33.4 Å². The van der Waals surface area contributed by atoms with Gasteiger partial charge in [0.05, 0.1) is 26.2 Å². The molecule has 1 rings (SSSR count). The largest absolute Gasteiger partial charge is 0.545 e. The number of benzene rings is 1. The highest BCUT2D eigenvalue weighted by atomic mass is 16.5. The number of aliphatic carboxylic acids is 1. The summed E-state index contributed by atoms with van der Waals surface area (Å²) < 4.78 is 11.0. The number of carbonyl (C=O) groups is 1. The Kier molecular flexibility index (Phi) is 7.32. The SMILES string of the molecule is CC[NH+](CC)CCOc1cc(/C=C/C(=O)[O-])ccc1OC. The molecule has 0 aliphatic rings. The second-order valence-electron chi connectivity index (χ2n) is 4.62. The molecule has 1 aromatic rings. The van der Waals surface area contributed by atoms with Crippen molar-refractivity contribution in [3.63, 3.8) is 0 Å². The van der Waals surface area contributed by atoms with Crippen LogP contribution in [0.25, 0.3) is 6.08 Å². The van der Waals surface area contributed by atoms with Gasteiger partial charge in [-0.25, -0.2) is 0 Å². The lowest BCUT2D eigenvalue weighted by Gasteiger charge is -2.16. The van der Waals surface area contributed by atoms with Crippen LogP contribution in [0.1, 0.15) is 19.4 Å². The van der Waals surface area contributed by atoms with Crippen LogP contribution in [0.4, 0.5) is 0 Å². The van der Waals surface area contributed by atoms with E-state index in [1.165, 1.54) is 11.0 Å². The topological polar surface area (TPSA) is 63.0 Å². The van der Waals surface area contributed by atoms with Crippen molar-refractivity contribution in [2.24, 2.45) is 0 Å². The summed E-state index contributed by atoms with van der Waals surface area (Å²) in [6.07, 6.45) is 2.46. The van der Waals surface area contributed by atoms with E-state index in [-0.39, 0.29) is 0 Å². The van der Waals surface area contributed by atoms with Gasteiger partial charge < -0.3 is 24.3 Å². The fourth-order valence-corrected chi connectivity index (χ4v) is 1.98. The Balaban J connectivity index is 2.74. The average molecular weight is 293 g/mol. The number of ether oxygens (including phenoxy) is 2. The van der Waals surface area contributed by atoms with Crippen LogP contribution in [0.3, 0.4) is 0 Å². The maximum Gasteiger partial charge on any atom is 0.162 e. The van der Waals surface area contributed by atoms with Gasteiger partial charge in [-0.15, -0.1) is 0 Å². The summed E-state index contributed by atoms with van der Waals surface area (Å²) in [6.45, 7) is 7.91. The molecule has 0 spiro atoms. The first-order valence-corrected chi connectivity index (χ1v) is 7.14. The van der Waals surface area contributed by atoms with Crippen LogP contribution in [0, 0.1) is 0 Å². The summed E-state index contributed by atoms with van der Waals surface area (Å²) in [5.74, 6) is 0.0260. The fourth-order valence-electron chi connectivity index (χ4n) is 1.98. The van der Waals surface area contributed by atoms with Gasteiger partial charge in [0.1, 0.15) is 13.2 Å². The molecule has 0 aliphatic carbocycles. The second kappa shape index (κ2) is 9.02. The fraction of sp³-hybridized carbons (Fsp3) is 0.438. The van der Waals surface area contributed by atoms with Crippen LogP contribution in [-0.4, -0.2) is 39.3 Å². The molecule has 1 N–H and O–H groups in total. The first kappa shape index (κ1) is 17.0. The Hall–Kier alpha value is -2.01. The zero-order valence-electron chi connectivity index (χ0n) is 12.8. The van der Waals surface area contributed by atoms with Gasteiger partial charge in [0.15, 0.2) is 11.5 Å². The van der Waals surface area contributed by atoms with Crippen molar-refractivity contribution in [3.05, 3.63) is 29.8 Å². The van der Waals surface area contributed by atoms with Gasteiger partial charge in [0.2, 0.25) is 0 Å². The predicted molar refractivity (Wildman–Crippen MR) is 79.4 cm³/mol. The van der Waals surface area contributed by atoms with Crippen molar-refractivity contribution < 1.29 is 24.3 Å². The van der Waals surface area contributed by atoms with E-state index in [1.54, 1.807) is 25.3 Å². The second-order valence-corrected chi connectivity index (χ2v) is 4.62. The number of hydrogen-bond acceptors (Lipinski definition) is 4. The summed E-state index contributed by atoms with van der Waals surface area (Å²) in [4.78, 5) is 11.9. The summed E-state index contributed by atoms with van der Waals surface area (Å²) in [5.41, 5.74) is 0.727. The zero-order valence-corrected chi connectivity index (χ0v) is 12.8. The standard InChI is InChI=1S/C16H23NO4/c1-4-17(5-2)10-11-21-15-12-13(7-9-16(18)19)6-8-14(15)20-3/h6-9,12H,4-5,10-11H2,1-3H3,(H,18,19)/b9-7+. The molecule has 21 heavy (non-hydrogen) atoms. The number of hydrogen-bond donors (Lipinski definition) is 1. The lowest BCUT2D eigenvalue weighted by atomic mass is 10.2. The van der Waals surface area contributed by atoms with Crippen LogP contribution in [0.2, 0.25) is 0 Å². The van der Waals surface area contributed by atoms with Crippen molar-refractivity contribution >= 4 is 12.0 Å². The van der Waals surface area contributed by atoms with Crippen LogP contribution >= 0.6 is 0 Å². The Morgan fingerprint density at radius 1 is 1.29 bits per heavy atom. The first-order chi connectivity index (χ1) is 10.1. The number of carbonyl (C=O) groups excluding carboxylic acids is 1. The first-order valence-electron chi connectivity index (χ1n) is 7.14.